The van der Waals surface area contributed by atoms with E-state index in [4.69, 9.17) is 14.2 Å². The zero-order valence-electron chi connectivity index (χ0n) is 20.8. The number of ether oxygens (including phenoxy) is 3. The molecule has 0 N–H and O–H groups in total. The molecule has 0 aliphatic rings. The molecule has 1 aromatic heterocycles. The van der Waals surface area contributed by atoms with Crippen LogP contribution in [0.5, 0.6) is 11.5 Å². The highest BCUT2D eigenvalue weighted by atomic mass is 32.1. The first-order valence-electron chi connectivity index (χ1n) is 11.7. The minimum Gasteiger partial charge on any atom is -0.497 e. The molecule has 3 rings (SSSR count). The van der Waals surface area contributed by atoms with Crippen molar-refractivity contribution in [3.63, 3.8) is 0 Å². The molecule has 3 aromatic rings. The second-order valence-corrected chi connectivity index (χ2v) is 9.30. The molecule has 0 saturated carbocycles. The molecular formula is C28H33NO5S. The van der Waals surface area contributed by atoms with Crippen LogP contribution in [0.1, 0.15) is 47.0 Å². The summed E-state index contributed by atoms with van der Waals surface area (Å²) in [5.74, 6) is 1.19. The third kappa shape index (κ3) is 7.33. The molecule has 0 fully saturated rings. The second-order valence-electron chi connectivity index (χ2n) is 8.30. The van der Waals surface area contributed by atoms with Gasteiger partial charge in [-0.3, -0.25) is 9.59 Å². The Morgan fingerprint density at radius 3 is 2.63 bits per heavy atom. The summed E-state index contributed by atoms with van der Waals surface area (Å²) < 4.78 is 16.1. The molecular weight excluding hydrogens is 462 g/mol. The van der Waals surface area contributed by atoms with Crippen LogP contribution in [0.3, 0.4) is 0 Å². The molecule has 1 heterocycles. The zero-order valence-corrected chi connectivity index (χ0v) is 21.7. The zero-order chi connectivity index (χ0) is 25.2. The number of esters is 1. The highest BCUT2D eigenvalue weighted by Crippen LogP contribution is 2.35. The fraction of sp³-hybridized carbons (Fsp3) is 0.357. The average molecular weight is 496 g/mol. The van der Waals surface area contributed by atoms with E-state index in [-0.39, 0.29) is 11.9 Å². The molecule has 0 unspecified atom stereocenters. The number of methoxy groups -OCH3 is 2. The summed E-state index contributed by atoms with van der Waals surface area (Å²) in [6, 6.07) is 15.4. The Hall–Kier alpha value is -3.32. The maximum Gasteiger partial charge on any atom is 0.305 e. The van der Waals surface area contributed by atoms with Gasteiger partial charge in [0.05, 0.1) is 27.4 Å². The first-order chi connectivity index (χ1) is 16.9. The van der Waals surface area contributed by atoms with E-state index in [2.05, 4.69) is 18.4 Å². The van der Waals surface area contributed by atoms with Gasteiger partial charge in [-0.15, -0.1) is 11.3 Å². The third-order valence-electron chi connectivity index (χ3n) is 5.67. The predicted molar refractivity (Wildman–Crippen MR) is 139 cm³/mol. The summed E-state index contributed by atoms with van der Waals surface area (Å²) in [5.41, 5.74) is 3.69. The van der Waals surface area contributed by atoms with Crippen LogP contribution >= 0.6 is 11.3 Å². The van der Waals surface area contributed by atoms with Crippen molar-refractivity contribution in [3.8, 4) is 22.6 Å². The molecule has 0 spiro atoms. The van der Waals surface area contributed by atoms with Crippen LogP contribution < -0.4 is 9.47 Å². The fourth-order valence-corrected chi connectivity index (χ4v) is 4.58. The number of thiophene rings is 1. The van der Waals surface area contributed by atoms with Crippen LogP contribution in [-0.4, -0.2) is 44.7 Å². The Morgan fingerprint density at radius 2 is 1.89 bits per heavy atom. The lowest BCUT2D eigenvalue weighted by Crippen LogP contribution is -2.25. The first-order valence-corrected chi connectivity index (χ1v) is 12.6. The van der Waals surface area contributed by atoms with Gasteiger partial charge in [-0.25, -0.2) is 0 Å². The van der Waals surface area contributed by atoms with Gasteiger partial charge in [-0.2, -0.15) is 0 Å². The highest BCUT2D eigenvalue weighted by Gasteiger charge is 2.16. The maximum atomic E-state index is 12.9. The maximum absolute atomic E-state index is 12.9. The Kier molecular flexibility index (Phi) is 9.73. The number of nitrogens with zero attached hydrogens (tertiary/aromatic N) is 1. The lowest BCUT2D eigenvalue weighted by molar-refractivity contribution is -0.140. The van der Waals surface area contributed by atoms with Gasteiger partial charge in [0.2, 0.25) is 0 Å². The van der Waals surface area contributed by atoms with Crippen molar-refractivity contribution < 1.29 is 23.8 Å². The van der Waals surface area contributed by atoms with Gasteiger partial charge in [-0.1, -0.05) is 31.5 Å². The van der Waals surface area contributed by atoms with Crippen LogP contribution in [0.15, 0.2) is 53.9 Å². The molecule has 0 aliphatic heterocycles. The highest BCUT2D eigenvalue weighted by molar-refractivity contribution is 7.10. The normalized spacial score (nSPS) is 10.6. The summed E-state index contributed by atoms with van der Waals surface area (Å²) >= 11 is 1.62. The molecule has 0 saturated heterocycles. The van der Waals surface area contributed by atoms with Gasteiger partial charge in [0.1, 0.15) is 11.5 Å². The first kappa shape index (κ1) is 26.3. The lowest BCUT2D eigenvalue weighted by Gasteiger charge is -2.16. The van der Waals surface area contributed by atoms with Gasteiger partial charge >= 0.3 is 5.97 Å². The number of benzene rings is 2. The summed E-state index contributed by atoms with van der Waals surface area (Å²) in [6.45, 7) is 3.27. The van der Waals surface area contributed by atoms with Crippen molar-refractivity contribution in [3.05, 3.63) is 69.9 Å². The van der Waals surface area contributed by atoms with E-state index in [0.717, 1.165) is 40.2 Å². The molecule has 0 bridgehead atoms. The summed E-state index contributed by atoms with van der Waals surface area (Å²) in [7, 11) is 4.80. The van der Waals surface area contributed by atoms with Gasteiger partial charge in [-0.05, 0) is 59.7 Å². The number of amides is 1. The van der Waals surface area contributed by atoms with Gasteiger partial charge in [0, 0.05) is 29.5 Å². The SMILES string of the molecule is CCCCOc1cc(CCC(=O)OC)ccc1-c1csc(CN(C)C(=O)c2cccc(OC)c2)c1. The van der Waals surface area contributed by atoms with Gasteiger partial charge < -0.3 is 19.1 Å². The van der Waals surface area contributed by atoms with Crippen LogP contribution in [0.25, 0.3) is 11.1 Å². The Morgan fingerprint density at radius 1 is 1.06 bits per heavy atom. The van der Waals surface area contributed by atoms with Crippen molar-refractivity contribution in [2.45, 2.75) is 39.2 Å². The van der Waals surface area contributed by atoms with Gasteiger partial charge in [0.15, 0.2) is 0 Å². The van der Waals surface area contributed by atoms with E-state index in [1.807, 2.05) is 30.3 Å². The van der Waals surface area contributed by atoms with E-state index in [1.165, 1.54) is 7.11 Å². The number of hydrogen-bond donors (Lipinski definition) is 0. The van der Waals surface area contributed by atoms with Crippen LogP contribution in [0, 0.1) is 0 Å². The molecule has 0 aliphatic carbocycles. The molecule has 0 atom stereocenters. The van der Waals surface area contributed by atoms with E-state index in [9.17, 15) is 9.59 Å². The van der Waals surface area contributed by atoms with E-state index >= 15 is 0 Å². The van der Waals surface area contributed by atoms with Crippen LogP contribution in [0.2, 0.25) is 0 Å². The number of carbonyl (C=O) groups is 2. The number of hydrogen-bond acceptors (Lipinski definition) is 6. The minimum absolute atomic E-state index is 0.0580. The third-order valence-corrected chi connectivity index (χ3v) is 6.59. The number of rotatable bonds is 12. The minimum atomic E-state index is -0.224. The molecule has 35 heavy (non-hydrogen) atoms. The summed E-state index contributed by atoms with van der Waals surface area (Å²) in [4.78, 5) is 27.2. The average Bonchev–Trinajstić information content (AvgIpc) is 3.35. The Labute approximate surface area is 211 Å². The summed E-state index contributed by atoms with van der Waals surface area (Å²) in [6.07, 6.45) is 2.95. The van der Waals surface area contributed by atoms with E-state index in [0.29, 0.717) is 37.3 Å². The summed E-state index contributed by atoms with van der Waals surface area (Å²) in [5, 5.41) is 2.09. The molecule has 6 nitrogen and oxygen atoms in total. The molecule has 7 heteroatoms. The van der Waals surface area contributed by atoms with Gasteiger partial charge in [0.25, 0.3) is 5.91 Å². The Balaban J connectivity index is 1.76. The van der Waals surface area contributed by atoms with E-state index in [1.54, 1.807) is 42.5 Å². The smallest absolute Gasteiger partial charge is 0.305 e. The number of aryl methyl sites for hydroxylation is 1. The fourth-order valence-electron chi connectivity index (χ4n) is 3.64. The number of carbonyl (C=O) groups excluding carboxylic acids is 2. The molecule has 2 aromatic carbocycles. The quantitative estimate of drug-likeness (QED) is 0.228. The second kappa shape index (κ2) is 13.0. The molecule has 1 amide bonds. The predicted octanol–water partition coefficient (Wildman–Crippen LogP) is 5.98. The monoisotopic (exact) mass is 495 g/mol. The Bertz CT molecular complexity index is 1140. The standard InChI is InChI=1S/C28H33NO5S/c1-5-6-14-34-26-15-20(11-13-27(30)33-4)10-12-25(26)22-17-24(35-19-22)18-29(2)28(31)21-8-7-9-23(16-21)32-3/h7-10,12,15-17,19H,5-6,11,13-14,18H2,1-4H3. The lowest BCUT2D eigenvalue weighted by atomic mass is 10.0. The van der Waals surface area contributed by atoms with E-state index < -0.39 is 0 Å². The van der Waals surface area contributed by atoms with Crippen LogP contribution in [-0.2, 0) is 22.5 Å². The topological polar surface area (TPSA) is 65.1 Å². The molecule has 186 valence electrons. The van der Waals surface area contributed by atoms with Crippen molar-refractivity contribution in [1.29, 1.82) is 0 Å². The van der Waals surface area contributed by atoms with Crippen molar-refractivity contribution in [2.24, 2.45) is 0 Å². The van der Waals surface area contributed by atoms with Crippen LogP contribution in [0.4, 0.5) is 0 Å². The van der Waals surface area contributed by atoms with Crippen molar-refractivity contribution in [2.75, 3.05) is 27.9 Å². The number of unbranched alkanes of at least 4 members (excludes halogenated alkanes) is 1. The largest absolute Gasteiger partial charge is 0.497 e. The molecule has 0 radical (unpaired) electrons. The van der Waals surface area contributed by atoms with Crippen molar-refractivity contribution in [1.82, 2.24) is 4.90 Å². The van der Waals surface area contributed by atoms with Crippen molar-refractivity contribution >= 4 is 23.2 Å².